The summed E-state index contributed by atoms with van der Waals surface area (Å²) in [6, 6.07) is 7.46. The van der Waals surface area contributed by atoms with Gasteiger partial charge < -0.3 is 5.32 Å². The Morgan fingerprint density at radius 1 is 1.38 bits per heavy atom. The first-order valence-corrected chi connectivity index (χ1v) is 6.73. The number of halogens is 2. The molecule has 0 amide bonds. The minimum absolute atomic E-state index is 0.623. The summed E-state index contributed by atoms with van der Waals surface area (Å²) >= 11 is 8.20. The fourth-order valence-corrected chi connectivity index (χ4v) is 2.75. The lowest BCUT2D eigenvalue weighted by atomic mass is 10.2. The van der Waals surface area contributed by atoms with Crippen molar-refractivity contribution in [2.45, 2.75) is 0 Å². The van der Waals surface area contributed by atoms with E-state index in [9.17, 15) is 0 Å². The number of hydrogen-bond donors (Lipinski definition) is 1. The van der Waals surface area contributed by atoms with Gasteiger partial charge in [0.1, 0.15) is 4.60 Å². The van der Waals surface area contributed by atoms with Crippen molar-refractivity contribution in [1.82, 2.24) is 4.98 Å². The second kappa shape index (κ2) is 4.95. The molecule has 0 radical (unpaired) electrons. The Morgan fingerprint density at radius 3 is 2.75 bits per heavy atom. The number of nitrogens with zero attached hydrogens (tertiary/aromatic N) is 2. The monoisotopic (exact) mass is 357 g/mol. The van der Waals surface area contributed by atoms with Crippen LogP contribution >= 0.6 is 43.2 Å². The van der Waals surface area contributed by atoms with Crippen molar-refractivity contribution < 1.29 is 0 Å². The zero-order valence-corrected chi connectivity index (χ0v) is 11.9. The van der Waals surface area contributed by atoms with E-state index in [0.29, 0.717) is 5.56 Å². The molecular weight excluding hydrogens is 354 g/mol. The Kier molecular flexibility index (Phi) is 3.59. The Labute approximate surface area is 113 Å². The first kappa shape index (κ1) is 11.6. The Morgan fingerprint density at radius 2 is 2.19 bits per heavy atom. The van der Waals surface area contributed by atoms with Gasteiger partial charge in [-0.25, -0.2) is 4.98 Å². The predicted octanol–water partition coefficient (Wildman–Crippen LogP) is 4.28. The van der Waals surface area contributed by atoms with E-state index >= 15 is 0 Å². The van der Waals surface area contributed by atoms with Crippen LogP contribution in [-0.2, 0) is 0 Å². The van der Waals surface area contributed by atoms with Gasteiger partial charge in [0.2, 0.25) is 0 Å². The maximum absolute atomic E-state index is 8.74. The third kappa shape index (κ3) is 2.61. The van der Waals surface area contributed by atoms with Crippen LogP contribution in [0.3, 0.4) is 0 Å². The number of hydrogen-bond acceptors (Lipinski definition) is 4. The highest BCUT2D eigenvalue weighted by molar-refractivity contribution is 9.10. The zero-order chi connectivity index (χ0) is 11.5. The molecule has 2 rings (SSSR count). The Bertz CT molecular complexity index is 559. The lowest BCUT2D eigenvalue weighted by Crippen LogP contribution is -1.90. The highest BCUT2D eigenvalue weighted by Gasteiger charge is 2.04. The van der Waals surface area contributed by atoms with E-state index in [1.54, 1.807) is 12.1 Å². The highest BCUT2D eigenvalue weighted by Crippen LogP contribution is 2.29. The van der Waals surface area contributed by atoms with Gasteiger partial charge in [-0.05, 0) is 50.1 Å². The molecule has 2 aromatic rings. The molecule has 0 atom stereocenters. The number of thiazole rings is 1. The van der Waals surface area contributed by atoms with Crippen molar-refractivity contribution in [3.05, 3.63) is 38.2 Å². The third-order valence-electron chi connectivity index (χ3n) is 1.82. The normalized spacial score (nSPS) is 9.81. The summed E-state index contributed by atoms with van der Waals surface area (Å²) in [5.74, 6) is 0. The van der Waals surface area contributed by atoms with Gasteiger partial charge in [0.25, 0.3) is 0 Å². The summed E-state index contributed by atoms with van der Waals surface area (Å²) < 4.78 is 1.66. The maximum Gasteiger partial charge on any atom is 0.188 e. The summed E-state index contributed by atoms with van der Waals surface area (Å²) in [5.41, 5.74) is 1.51. The van der Waals surface area contributed by atoms with Gasteiger partial charge in [-0.2, -0.15) is 5.26 Å². The van der Waals surface area contributed by atoms with Crippen molar-refractivity contribution in [3.8, 4) is 6.07 Å². The minimum Gasteiger partial charge on any atom is -0.331 e. The SMILES string of the molecule is N#Cc1ccc(Nc2nc(Br)cs2)c(Br)c1. The topological polar surface area (TPSA) is 48.7 Å². The smallest absolute Gasteiger partial charge is 0.188 e. The molecule has 0 saturated heterocycles. The second-order valence-corrected chi connectivity index (χ2v) is 5.43. The van der Waals surface area contributed by atoms with E-state index in [-0.39, 0.29) is 0 Å². The number of nitriles is 1. The van der Waals surface area contributed by atoms with Crippen LogP contribution in [0.2, 0.25) is 0 Å². The number of nitrogens with one attached hydrogen (secondary N) is 1. The molecule has 1 N–H and O–H groups in total. The van der Waals surface area contributed by atoms with Gasteiger partial charge in [0.15, 0.2) is 5.13 Å². The molecule has 0 fully saturated rings. The number of aromatic nitrogens is 1. The van der Waals surface area contributed by atoms with Crippen LogP contribution in [0.4, 0.5) is 10.8 Å². The molecule has 16 heavy (non-hydrogen) atoms. The van der Waals surface area contributed by atoms with Crippen LogP contribution in [0.25, 0.3) is 0 Å². The Hall–Kier alpha value is -0.900. The van der Waals surface area contributed by atoms with E-state index in [1.807, 2.05) is 11.4 Å². The van der Waals surface area contributed by atoms with Crippen molar-refractivity contribution in [1.29, 1.82) is 5.26 Å². The molecule has 1 heterocycles. The highest BCUT2D eigenvalue weighted by atomic mass is 79.9. The molecule has 0 bridgehead atoms. The summed E-state index contributed by atoms with van der Waals surface area (Å²) in [5, 5.41) is 14.6. The molecule has 0 spiro atoms. The van der Waals surface area contributed by atoms with Gasteiger partial charge in [0.05, 0.1) is 17.3 Å². The summed E-state index contributed by atoms with van der Waals surface area (Å²) in [4.78, 5) is 4.23. The predicted molar refractivity (Wildman–Crippen MR) is 72.0 cm³/mol. The van der Waals surface area contributed by atoms with E-state index < -0.39 is 0 Å². The lowest BCUT2D eigenvalue weighted by molar-refractivity contribution is 1.34. The summed E-state index contributed by atoms with van der Waals surface area (Å²) in [7, 11) is 0. The average molecular weight is 359 g/mol. The molecule has 0 aliphatic carbocycles. The van der Waals surface area contributed by atoms with Crippen LogP contribution in [0.15, 0.2) is 32.7 Å². The first-order chi connectivity index (χ1) is 7.69. The minimum atomic E-state index is 0.623. The first-order valence-electron chi connectivity index (χ1n) is 4.27. The second-order valence-electron chi connectivity index (χ2n) is 2.91. The van der Waals surface area contributed by atoms with E-state index in [4.69, 9.17) is 5.26 Å². The molecule has 1 aromatic heterocycles. The van der Waals surface area contributed by atoms with Crippen LogP contribution in [0.5, 0.6) is 0 Å². The van der Waals surface area contributed by atoms with E-state index in [2.05, 4.69) is 48.2 Å². The summed E-state index contributed by atoms with van der Waals surface area (Å²) in [6.45, 7) is 0. The van der Waals surface area contributed by atoms with Crippen LogP contribution in [0, 0.1) is 11.3 Å². The molecule has 0 unspecified atom stereocenters. The fraction of sp³-hybridized carbons (Fsp3) is 0. The van der Waals surface area contributed by atoms with Crippen LogP contribution in [-0.4, -0.2) is 4.98 Å². The molecule has 80 valence electrons. The molecule has 0 saturated carbocycles. The van der Waals surface area contributed by atoms with Gasteiger partial charge >= 0.3 is 0 Å². The quantitative estimate of drug-likeness (QED) is 0.871. The average Bonchev–Trinajstić information content (AvgIpc) is 2.67. The third-order valence-corrected chi connectivity index (χ3v) is 3.94. The van der Waals surface area contributed by atoms with E-state index in [1.165, 1.54) is 11.3 Å². The van der Waals surface area contributed by atoms with Crippen molar-refractivity contribution >= 4 is 54.0 Å². The number of benzene rings is 1. The summed E-state index contributed by atoms with van der Waals surface area (Å²) in [6.07, 6.45) is 0. The molecule has 3 nitrogen and oxygen atoms in total. The van der Waals surface area contributed by atoms with Crippen LogP contribution in [0.1, 0.15) is 5.56 Å². The van der Waals surface area contributed by atoms with Crippen molar-refractivity contribution in [2.24, 2.45) is 0 Å². The fourth-order valence-electron chi connectivity index (χ4n) is 1.11. The standard InChI is InChI=1S/C10H5Br2N3S/c11-7-3-6(4-13)1-2-8(7)14-10-15-9(12)5-16-10/h1-3,5H,(H,14,15). The zero-order valence-electron chi connectivity index (χ0n) is 7.87. The Balaban J connectivity index is 2.26. The lowest BCUT2D eigenvalue weighted by Gasteiger charge is -2.05. The molecular formula is C10H5Br2N3S. The maximum atomic E-state index is 8.74. The largest absolute Gasteiger partial charge is 0.331 e. The van der Waals surface area contributed by atoms with Crippen LogP contribution < -0.4 is 5.32 Å². The molecule has 0 aliphatic heterocycles. The number of rotatable bonds is 2. The van der Waals surface area contributed by atoms with Crippen molar-refractivity contribution in [2.75, 3.05) is 5.32 Å². The number of anilines is 2. The van der Waals surface area contributed by atoms with E-state index in [0.717, 1.165) is 19.9 Å². The van der Waals surface area contributed by atoms with Gasteiger partial charge in [0, 0.05) is 9.85 Å². The molecule has 1 aromatic carbocycles. The van der Waals surface area contributed by atoms with Gasteiger partial charge in [-0.15, -0.1) is 11.3 Å². The van der Waals surface area contributed by atoms with Crippen molar-refractivity contribution in [3.63, 3.8) is 0 Å². The molecule has 6 heteroatoms. The van der Waals surface area contributed by atoms with Gasteiger partial charge in [-0.3, -0.25) is 0 Å². The van der Waals surface area contributed by atoms with Gasteiger partial charge in [-0.1, -0.05) is 0 Å². The molecule has 0 aliphatic rings.